The third-order valence-electron chi connectivity index (χ3n) is 4.88. The highest BCUT2D eigenvalue weighted by atomic mass is 35.5. The Morgan fingerprint density at radius 1 is 0.958 bits per heavy atom. The van der Waals surface area contributed by atoms with E-state index in [-0.39, 0.29) is 5.41 Å². The fraction of sp³-hybridized carbons (Fsp3) is 0.143. The zero-order valence-electron chi connectivity index (χ0n) is 13.5. The average Bonchev–Trinajstić information content (AvgIpc) is 2.82. The second-order valence-electron chi connectivity index (χ2n) is 6.61. The van der Waals surface area contributed by atoms with Crippen molar-refractivity contribution >= 4 is 11.6 Å². The van der Waals surface area contributed by atoms with Crippen molar-refractivity contribution in [1.82, 2.24) is 4.98 Å². The second-order valence-corrected chi connectivity index (χ2v) is 7.02. The second kappa shape index (κ2) is 5.19. The predicted molar refractivity (Wildman–Crippen MR) is 97.0 cm³/mol. The van der Waals surface area contributed by atoms with Gasteiger partial charge in [0.05, 0.1) is 16.7 Å². The minimum absolute atomic E-state index is 0.116. The van der Waals surface area contributed by atoms with Gasteiger partial charge in [0.1, 0.15) is 0 Å². The fourth-order valence-electron chi connectivity index (χ4n) is 3.58. The molecule has 3 aromatic rings. The first kappa shape index (κ1) is 14.9. The number of hydrogen-bond acceptors (Lipinski definition) is 2. The number of nitrogens with zero attached hydrogens (tertiary/aromatic N) is 2. The summed E-state index contributed by atoms with van der Waals surface area (Å²) in [5.41, 5.74) is 7.44. The zero-order chi connectivity index (χ0) is 16.9. The lowest BCUT2D eigenvalue weighted by atomic mass is 9.82. The molecule has 0 radical (unpaired) electrons. The van der Waals surface area contributed by atoms with E-state index in [1.165, 1.54) is 22.3 Å². The number of hydrogen-bond donors (Lipinski definition) is 0. The molecule has 1 aliphatic carbocycles. The molecular weight excluding hydrogens is 316 g/mol. The van der Waals surface area contributed by atoms with Crippen LogP contribution >= 0.6 is 11.6 Å². The van der Waals surface area contributed by atoms with Gasteiger partial charge in [-0.25, -0.2) is 0 Å². The molecule has 0 fully saturated rings. The van der Waals surface area contributed by atoms with Crippen LogP contribution in [-0.2, 0) is 5.41 Å². The lowest BCUT2D eigenvalue weighted by Crippen LogP contribution is -2.15. The molecule has 0 saturated carbocycles. The average molecular weight is 331 g/mol. The number of nitriles is 1. The maximum Gasteiger partial charge on any atom is 0.0991 e. The third-order valence-corrected chi connectivity index (χ3v) is 5.21. The van der Waals surface area contributed by atoms with Crippen LogP contribution in [0.25, 0.3) is 22.3 Å². The Morgan fingerprint density at radius 3 is 2.54 bits per heavy atom. The standard InChI is InChI=1S/C21H15ClN2/c1-21(2)18-6-4-14(17-12-24-8-7-20(17)22)10-16(18)15-5-3-13(11-23)9-19(15)21/h3-10,12H,1-2H3. The molecule has 24 heavy (non-hydrogen) atoms. The number of halogens is 1. The van der Waals surface area contributed by atoms with Crippen molar-refractivity contribution in [1.29, 1.82) is 5.26 Å². The number of rotatable bonds is 1. The summed E-state index contributed by atoms with van der Waals surface area (Å²) in [5.74, 6) is 0. The Balaban J connectivity index is 1.96. The first-order valence-corrected chi connectivity index (χ1v) is 8.19. The van der Waals surface area contributed by atoms with Crippen molar-refractivity contribution in [3.05, 3.63) is 76.6 Å². The Labute approximate surface area is 146 Å². The van der Waals surface area contributed by atoms with Gasteiger partial charge < -0.3 is 0 Å². The molecule has 1 aromatic heterocycles. The Morgan fingerprint density at radius 2 is 1.79 bits per heavy atom. The maximum absolute atomic E-state index is 9.21. The number of benzene rings is 2. The van der Waals surface area contributed by atoms with E-state index in [0.717, 1.165) is 11.1 Å². The summed E-state index contributed by atoms with van der Waals surface area (Å²) < 4.78 is 0. The molecule has 0 spiro atoms. The first-order chi connectivity index (χ1) is 11.5. The van der Waals surface area contributed by atoms with Gasteiger partial charge in [0.2, 0.25) is 0 Å². The molecule has 0 N–H and O–H groups in total. The number of pyridine rings is 1. The van der Waals surface area contributed by atoms with Crippen molar-refractivity contribution in [2.24, 2.45) is 0 Å². The van der Waals surface area contributed by atoms with Crippen molar-refractivity contribution in [3.63, 3.8) is 0 Å². The van der Waals surface area contributed by atoms with Gasteiger partial charge in [-0.1, -0.05) is 43.6 Å². The van der Waals surface area contributed by atoms with E-state index >= 15 is 0 Å². The highest BCUT2D eigenvalue weighted by Gasteiger charge is 2.35. The van der Waals surface area contributed by atoms with Gasteiger partial charge in [0.25, 0.3) is 0 Å². The van der Waals surface area contributed by atoms with Crippen LogP contribution in [0.2, 0.25) is 5.02 Å². The normalized spacial score (nSPS) is 13.9. The molecule has 0 unspecified atom stereocenters. The van der Waals surface area contributed by atoms with Gasteiger partial charge in [-0.05, 0) is 52.1 Å². The van der Waals surface area contributed by atoms with Crippen LogP contribution in [0.3, 0.4) is 0 Å². The first-order valence-electron chi connectivity index (χ1n) is 7.82. The van der Waals surface area contributed by atoms with Crippen LogP contribution in [0, 0.1) is 11.3 Å². The van der Waals surface area contributed by atoms with Crippen molar-refractivity contribution in [2.75, 3.05) is 0 Å². The van der Waals surface area contributed by atoms with Crippen LogP contribution in [-0.4, -0.2) is 4.98 Å². The summed E-state index contributed by atoms with van der Waals surface area (Å²) in [6, 6.07) is 16.4. The molecule has 2 aromatic carbocycles. The summed E-state index contributed by atoms with van der Waals surface area (Å²) in [6.45, 7) is 4.41. The van der Waals surface area contributed by atoms with Crippen molar-refractivity contribution in [3.8, 4) is 28.3 Å². The Hall–Kier alpha value is -2.63. The molecular formula is C21H15ClN2. The van der Waals surface area contributed by atoms with Crippen LogP contribution in [0.5, 0.6) is 0 Å². The molecule has 1 heterocycles. The van der Waals surface area contributed by atoms with E-state index in [1.807, 2.05) is 12.1 Å². The summed E-state index contributed by atoms with van der Waals surface area (Å²) in [7, 11) is 0. The van der Waals surface area contributed by atoms with Crippen LogP contribution < -0.4 is 0 Å². The number of aromatic nitrogens is 1. The van der Waals surface area contributed by atoms with Gasteiger partial charge >= 0.3 is 0 Å². The quantitative estimate of drug-likeness (QED) is 0.584. The van der Waals surface area contributed by atoms with E-state index in [1.54, 1.807) is 18.5 Å². The summed E-state index contributed by atoms with van der Waals surface area (Å²) >= 11 is 6.33. The molecule has 3 heteroatoms. The molecule has 4 rings (SSSR count). The van der Waals surface area contributed by atoms with E-state index in [4.69, 9.17) is 11.6 Å². The van der Waals surface area contributed by atoms with Gasteiger partial charge in [0, 0.05) is 23.4 Å². The molecule has 0 bridgehead atoms. The van der Waals surface area contributed by atoms with Gasteiger partial charge in [-0.3, -0.25) is 4.98 Å². The summed E-state index contributed by atoms with van der Waals surface area (Å²) in [6.07, 6.45) is 3.49. The lowest BCUT2D eigenvalue weighted by molar-refractivity contribution is 0.660. The minimum Gasteiger partial charge on any atom is -0.264 e. The Bertz CT molecular complexity index is 1010. The van der Waals surface area contributed by atoms with E-state index in [9.17, 15) is 5.26 Å². The summed E-state index contributed by atoms with van der Waals surface area (Å²) in [5, 5.41) is 9.90. The molecule has 1 aliphatic rings. The highest BCUT2D eigenvalue weighted by molar-refractivity contribution is 6.33. The monoisotopic (exact) mass is 330 g/mol. The minimum atomic E-state index is -0.116. The molecule has 0 amide bonds. The van der Waals surface area contributed by atoms with Gasteiger partial charge in [-0.2, -0.15) is 5.26 Å². The highest BCUT2D eigenvalue weighted by Crippen LogP contribution is 2.50. The third kappa shape index (κ3) is 2.06. The molecule has 0 atom stereocenters. The van der Waals surface area contributed by atoms with Crippen LogP contribution in [0.1, 0.15) is 30.5 Å². The molecule has 116 valence electrons. The topological polar surface area (TPSA) is 36.7 Å². The SMILES string of the molecule is CC1(C)c2ccc(-c3cnccc3Cl)cc2-c2ccc(C#N)cc21. The summed E-state index contributed by atoms with van der Waals surface area (Å²) in [4.78, 5) is 4.19. The van der Waals surface area contributed by atoms with Crippen molar-refractivity contribution < 1.29 is 0 Å². The zero-order valence-corrected chi connectivity index (χ0v) is 14.2. The molecule has 2 nitrogen and oxygen atoms in total. The van der Waals surface area contributed by atoms with Crippen molar-refractivity contribution in [2.45, 2.75) is 19.3 Å². The maximum atomic E-state index is 9.21. The van der Waals surface area contributed by atoms with E-state index in [2.05, 4.69) is 49.2 Å². The van der Waals surface area contributed by atoms with Crippen LogP contribution in [0.4, 0.5) is 0 Å². The van der Waals surface area contributed by atoms with Gasteiger partial charge in [-0.15, -0.1) is 0 Å². The smallest absolute Gasteiger partial charge is 0.0991 e. The van der Waals surface area contributed by atoms with Crippen LogP contribution in [0.15, 0.2) is 54.9 Å². The largest absolute Gasteiger partial charge is 0.264 e. The van der Waals surface area contributed by atoms with E-state index < -0.39 is 0 Å². The molecule has 0 aliphatic heterocycles. The molecule has 0 saturated heterocycles. The lowest BCUT2D eigenvalue weighted by Gasteiger charge is -2.21. The van der Waals surface area contributed by atoms with E-state index in [0.29, 0.717) is 10.6 Å². The van der Waals surface area contributed by atoms with Gasteiger partial charge in [0.15, 0.2) is 0 Å². The fourth-order valence-corrected chi connectivity index (χ4v) is 3.79. The number of fused-ring (bicyclic) bond motifs is 3. The Kier molecular flexibility index (Phi) is 3.23. The predicted octanol–water partition coefficient (Wildman–Crippen LogP) is 5.58.